The van der Waals surface area contributed by atoms with Crippen LogP contribution >= 0.6 is 12.2 Å². The van der Waals surface area contributed by atoms with Crippen LogP contribution in [0.1, 0.15) is 39.5 Å². The van der Waals surface area contributed by atoms with E-state index in [0.29, 0.717) is 0 Å². The van der Waals surface area contributed by atoms with Crippen LogP contribution < -0.4 is 4.90 Å². The first-order valence-corrected chi connectivity index (χ1v) is 7.07. The van der Waals surface area contributed by atoms with Gasteiger partial charge in [-0.3, -0.25) is 4.57 Å². The van der Waals surface area contributed by atoms with Crippen molar-refractivity contribution in [2.75, 3.05) is 18.0 Å². The molecule has 96 valence electrons. The molecular formula is C12H22N4S. The highest BCUT2D eigenvalue weighted by Gasteiger charge is 2.22. The van der Waals surface area contributed by atoms with Gasteiger partial charge in [0.25, 0.3) is 0 Å². The van der Waals surface area contributed by atoms with Crippen LogP contribution in [0, 0.1) is 10.7 Å². The second-order valence-electron chi connectivity index (χ2n) is 4.82. The zero-order valence-electron chi connectivity index (χ0n) is 10.8. The number of nitrogens with one attached hydrogen (secondary N) is 1. The van der Waals surface area contributed by atoms with Gasteiger partial charge in [-0.05, 0) is 44.3 Å². The molecule has 17 heavy (non-hydrogen) atoms. The average molecular weight is 254 g/mol. The highest BCUT2D eigenvalue weighted by Crippen LogP contribution is 2.28. The first-order chi connectivity index (χ1) is 8.26. The van der Waals surface area contributed by atoms with E-state index in [-0.39, 0.29) is 0 Å². The lowest BCUT2D eigenvalue weighted by molar-refractivity contribution is 0.316. The molecule has 1 N–H and O–H groups in total. The topological polar surface area (TPSA) is 36.9 Å². The quantitative estimate of drug-likeness (QED) is 0.793. The van der Waals surface area contributed by atoms with E-state index in [2.05, 4.69) is 33.5 Å². The van der Waals surface area contributed by atoms with Crippen molar-refractivity contribution in [3.05, 3.63) is 4.77 Å². The van der Waals surface area contributed by atoms with Gasteiger partial charge in [-0.2, -0.15) is 0 Å². The Hall–Kier alpha value is -0.840. The van der Waals surface area contributed by atoms with E-state index in [1.165, 1.54) is 19.3 Å². The van der Waals surface area contributed by atoms with Crippen molar-refractivity contribution in [3.63, 3.8) is 0 Å². The minimum absolute atomic E-state index is 0.744. The summed E-state index contributed by atoms with van der Waals surface area (Å²) in [5, 5.41) is 7.31. The van der Waals surface area contributed by atoms with Gasteiger partial charge in [0.15, 0.2) is 4.77 Å². The summed E-state index contributed by atoms with van der Waals surface area (Å²) in [6.07, 6.45) is 5.22. The number of nitrogens with zero attached hydrogens (tertiary/aromatic N) is 3. The monoisotopic (exact) mass is 254 g/mol. The largest absolute Gasteiger partial charge is 0.341 e. The lowest BCUT2D eigenvalue weighted by Crippen LogP contribution is -2.34. The zero-order valence-corrected chi connectivity index (χ0v) is 11.6. The Kier molecular flexibility index (Phi) is 4.20. The number of hydrogen-bond acceptors (Lipinski definition) is 3. The van der Waals surface area contributed by atoms with Gasteiger partial charge < -0.3 is 4.90 Å². The minimum atomic E-state index is 0.744. The Morgan fingerprint density at radius 1 is 1.47 bits per heavy atom. The fourth-order valence-electron chi connectivity index (χ4n) is 2.32. The van der Waals surface area contributed by atoms with Crippen molar-refractivity contribution in [3.8, 4) is 0 Å². The Balaban J connectivity index is 2.14. The first kappa shape index (κ1) is 12.6. The van der Waals surface area contributed by atoms with Crippen molar-refractivity contribution >= 4 is 18.2 Å². The van der Waals surface area contributed by atoms with E-state index in [0.717, 1.165) is 42.7 Å². The molecule has 5 heteroatoms. The van der Waals surface area contributed by atoms with Crippen LogP contribution in [0.5, 0.6) is 0 Å². The van der Waals surface area contributed by atoms with Crippen molar-refractivity contribution in [2.45, 2.75) is 46.1 Å². The number of hydrogen-bond donors (Lipinski definition) is 1. The zero-order chi connectivity index (χ0) is 12.3. The first-order valence-electron chi connectivity index (χ1n) is 6.66. The molecule has 1 aromatic heterocycles. The highest BCUT2D eigenvalue weighted by atomic mass is 32.1. The van der Waals surface area contributed by atoms with Crippen molar-refractivity contribution < 1.29 is 0 Å². The Labute approximate surface area is 108 Å². The second kappa shape index (κ2) is 5.67. The van der Waals surface area contributed by atoms with Crippen LogP contribution in [0.3, 0.4) is 0 Å². The molecule has 1 aliphatic rings. The Morgan fingerprint density at radius 3 is 2.76 bits per heavy atom. The van der Waals surface area contributed by atoms with Gasteiger partial charge in [0.2, 0.25) is 5.95 Å². The third kappa shape index (κ3) is 2.70. The van der Waals surface area contributed by atoms with E-state index in [1.807, 2.05) is 0 Å². The molecule has 0 spiro atoms. The maximum absolute atomic E-state index is 5.28. The molecule has 0 aromatic carbocycles. The molecule has 0 saturated heterocycles. The summed E-state index contributed by atoms with van der Waals surface area (Å²) in [5.41, 5.74) is 0. The maximum atomic E-state index is 5.28. The number of H-pyrrole nitrogens is 1. The minimum Gasteiger partial charge on any atom is -0.341 e. The van der Waals surface area contributed by atoms with Crippen LogP contribution in [0.15, 0.2) is 0 Å². The van der Waals surface area contributed by atoms with Gasteiger partial charge in [0.05, 0.1) is 0 Å². The van der Waals surface area contributed by atoms with Crippen LogP contribution in [-0.2, 0) is 6.54 Å². The predicted octanol–water partition coefficient (Wildman–Crippen LogP) is 2.98. The number of anilines is 1. The summed E-state index contributed by atoms with van der Waals surface area (Å²) in [7, 11) is 0. The molecule has 0 unspecified atom stereocenters. The lowest BCUT2D eigenvalue weighted by atomic mass is 9.85. The summed E-state index contributed by atoms with van der Waals surface area (Å²) >= 11 is 5.28. The van der Waals surface area contributed by atoms with Crippen molar-refractivity contribution in [2.24, 2.45) is 5.92 Å². The molecule has 0 atom stereocenters. The highest BCUT2D eigenvalue weighted by molar-refractivity contribution is 7.71. The fourth-order valence-corrected chi connectivity index (χ4v) is 2.53. The van der Waals surface area contributed by atoms with Gasteiger partial charge in [-0.15, -0.1) is 5.10 Å². The van der Waals surface area contributed by atoms with Gasteiger partial charge in [-0.25, -0.2) is 5.10 Å². The van der Waals surface area contributed by atoms with E-state index >= 15 is 0 Å². The molecule has 4 nitrogen and oxygen atoms in total. The fraction of sp³-hybridized carbons (Fsp3) is 0.833. The van der Waals surface area contributed by atoms with Gasteiger partial charge in [0.1, 0.15) is 0 Å². The lowest BCUT2D eigenvalue weighted by Gasteiger charge is -2.32. The third-order valence-corrected chi connectivity index (χ3v) is 3.86. The summed E-state index contributed by atoms with van der Waals surface area (Å²) in [5.74, 6) is 1.88. The van der Waals surface area contributed by atoms with Gasteiger partial charge in [-0.1, -0.05) is 13.3 Å². The number of rotatable bonds is 6. The summed E-state index contributed by atoms with van der Waals surface area (Å²) in [4.78, 5) is 2.35. The summed E-state index contributed by atoms with van der Waals surface area (Å²) < 4.78 is 2.87. The normalized spacial score (nSPS) is 15.9. The molecule has 0 radical (unpaired) electrons. The molecule has 0 aliphatic heterocycles. The average Bonchev–Trinajstić information content (AvgIpc) is 2.61. The van der Waals surface area contributed by atoms with Crippen LogP contribution in [0.4, 0.5) is 5.95 Å². The van der Waals surface area contributed by atoms with Crippen LogP contribution in [0.25, 0.3) is 0 Å². The van der Waals surface area contributed by atoms with Crippen molar-refractivity contribution in [1.29, 1.82) is 0 Å². The van der Waals surface area contributed by atoms with E-state index in [1.54, 1.807) is 0 Å². The van der Waals surface area contributed by atoms with E-state index in [4.69, 9.17) is 12.2 Å². The predicted molar refractivity (Wildman–Crippen MR) is 72.9 cm³/mol. The van der Waals surface area contributed by atoms with Gasteiger partial charge in [0, 0.05) is 19.6 Å². The molecule has 1 aromatic rings. The summed E-state index contributed by atoms with van der Waals surface area (Å²) in [6.45, 7) is 7.43. The van der Waals surface area contributed by atoms with Gasteiger partial charge >= 0.3 is 0 Å². The molecule has 0 amide bonds. The summed E-state index contributed by atoms with van der Waals surface area (Å²) in [6, 6.07) is 0. The molecule has 1 aliphatic carbocycles. The molecule has 1 heterocycles. The molecule has 0 bridgehead atoms. The van der Waals surface area contributed by atoms with Crippen LogP contribution in [0.2, 0.25) is 0 Å². The van der Waals surface area contributed by atoms with E-state index in [9.17, 15) is 0 Å². The standard InChI is InChI=1S/C12H22N4S/c1-3-8-16-11(13-14-12(16)17)15(4-2)9-10-6-5-7-10/h10H,3-9H2,1-2H3,(H,14,17). The van der Waals surface area contributed by atoms with E-state index < -0.39 is 0 Å². The second-order valence-corrected chi connectivity index (χ2v) is 5.20. The molecule has 1 fully saturated rings. The molecule has 1 saturated carbocycles. The molecular weight excluding hydrogens is 232 g/mol. The Bertz CT molecular complexity index is 405. The smallest absolute Gasteiger partial charge is 0.225 e. The van der Waals surface area contributed by atoms with Crippen LogP contribution in [-0.4, -0.2) is 27.9 Å². The maximum Gasteiger partial charge on any atom is 0.225 e. The van der Waals surface area contributed by atoms with Crippen molar-refractivity contribution in [1.82, 2.24) is 14.8 Å². The third-order valence-electron chi connectivity index (χ3n) is 3.55. The number of aromatic amines is 1. The number of aromatic nitrogens is 3. The SMILES string of the molecule is CCCn1c(N(CC)CC2CCC2)n[nH]c1=S. The molecule has 2 rings (SSSR count). The Morgan fingerprint density at radius 2 is 2.24 bits per heavy atom.